The maximum Gasteiger partial charge on any atom is 0.140 e. The summed E-state index contributed by atoms with van der Waals surface area (Å²) in [6, 6.07) is 5.65. The molecule has 2 rings (SSSR count). The number of rotatable bonds is 6. The van der Waals surface area contributed by atoms with Gasteiger partial charge in [-0.15, -0.1) is 0 Å². The topological polar surface area (TPSA) is 47.0 Å². The van der Waals surface area contributed by atoms with Gasteiger partial charge >= 0.3 is 0 Å². The van der Waals surface area contributed by atoms with Crippen molar-refractivity contribution in [2.24, 2.45) is 5.92 Å². The number of hydrogen-bond acceptors (Lipinski definition) is 4. The molecule has 0 aliphatic carbocycles. The average molecular weight is 280 g/mol. The van der Waals surface area contributed by atoms with E-state index in [4.69, 9.17) is 16.3 Å². The Labute approximate surface area is 118 Å². The zero-order valence-corrected chi connectivity index (χ0v) is 11.9. The quantitative estimate of drug-likeness (QED) is 0.652. The molecule has 0 fully saturated rings. The van der Waals surface area contributed by atoms with Crippen molar-refractivity contribution in [3.05, 3.63) is 29.7 Å². The summed E-state index contributed by atoms with van der Waals surface area (Å²) in [6.07, 6.45) is 1.46. The second-order valence-corrected chi connectivity index (χ2v) is 5.15. The molecule has 4 nitrogen and oxygen atoms in total. The lowest BCUT2D eigenvalue weighted by atomic mass is 10.2. The molecule has 0 spiro atoms. The standard InChI is InChI=1S/C14H18ClN3O/c1-10(2)8-16-5-6-19-11-3-4-12-13(7-11)17-9-18-14(12)15/h3-4,7,9-10,16H,5-6,8H2,1-2H3. The molecule has 5 heteroatoms. The number of hydrogen-bond donors (Lipinski definition) is 1. The molecule has 1 N–H and O–H groups in total. The van der Waals surface area contributed by atoms with Gasteiger partial charge in [-0.2, -0.15) is 0 Å². The third-order valence-corrected chi connectivity index (χ3v) is 2.96. The van der Waals surface area contributed by atoms with E-state index in [2.05, 4.69) is 29.1 Å². The zero-order chi connectivity index (χ0) is 13.7. The van der Waals surface area contributed by atoms with Gasteiger partial charge in [-0.1, -0.05) is 25.4 Å². The lowest BCUT2D eigenvalue weighted by molar-refractivity contribution is 0.311. The molecule has 19 heavy (non-hydrogen) atoms. The van der Waals surface area contributed by atoms with Crippen LogP contribution < -0.4 is 10.1 Å². The predicted octanol–water partition coefficient (Wildman–Crippen LogP) is 2.91. The first-order chi connectivity index (χ1) is 9.16. The summed E-state index contributed by atoms with van der Waals surface area (Å²) in [7, 11) is 0. The highest BCUT2D eigenvalue weighted by molar-refractivity contribution is 6.34. The number of ether oxygens (including phenoxy) is 1. The number of halogens is 1. The smallest absolute Gasteiger partial charge is 0.140 e. The molecule has 0 saturated carbocycles. The van der Waals surface area contributed by atoms with Crippen molar-refractivity contribution in [2.45, 2.75) is 13.8 Å². The van der Waals surface area contributed by atoms with Crippen LogP contribution in [0.5, 0.6) is 5.75 Å². The number of nitrogens with one attached hydrogen (secondary N) is 1. The Kier molecular flexibility index (Phi) is 4.93. The summed E-state index contributed by atoms with van der Waals surface area (Å²) in [5.74, 6) is 1.45. The van der Waals surface area contributed by atoms with Crippen LogP contribution in [-0.4, -0.2) is 29.7 Å². The van der Waals surface area contributed by atoms with Crippen LogP contribution in [0.4, 0.5) is 0 Å². The molecular formula is C14H18ClN3O. The first-order valence-corrected chi connectivity index (χ1v) is 6.78. The number of aromatic nitrogens is 2. The van der Waals surface area contributed by atoms with Gasteiger partial charge in [0.2, 0.25) is 0 Å². The van der Waals surface area contributed by atoms with Gasteiger partial charge in [-0.25, -0.2) is 9.97 Å². The molecule has 1 aromatic carbocycles. The van der Waals surface area contributed by atoms with Crippen molar-refractivity contribution in [3.63, 3.8) is 0 Å². The lowest BCUT2D eigenvalue weighted by Crippen LogP contribution is -2.24. The Bertz CT molecular complexity index is 545. The van der Waals surface area contributed by atoms with Gasteiger partial charge < -0.3 is 10.1 Å². The Balaban J connectivity index is 1.91. The van der Waals surface area contributed by atoms with Crippen LogP contribution in [0.3, 0.4) is 0 Å². The molecule has 0 radical (unpaired) electrons. The third kappa shape index (κ3) is 4.04. The molecule has 1 aromatic heterocycles. The molecule has 0 aliphatic heterocycles. The third-order valence-electron chi connectivity index (χ3n) is 2.66. The van der Waals surface area contributed by atoms with Crippen molar-refractivity contribution in [1.29, 1.82) is 0 Å². The SMILES string of the molecule is CC(C)CNCCOc1ccc2c(Cl)ncnc2c1. The highest BCUT2D eigenvalue weighted by Crippen LogP contribution is 2.23. The maximum atomic E-state index is 5.98. The molecule has 0 unspecified atom stereocenters. The van der Waals surface area contributed by atoms with Crippen LogP contribution in [0.15, 0.2) is 24.5 Å². The average Bonchev–Trinajstić information content (AvgIpc) is 2.38. The first kappa shape index (κ1) is 14.0. The Morgan fingerprint density at radius 1 is 1.32 bits per heavy atom. The largest absolute Gasteiger partial charge is 0.492 e. The van der Waals surface area contributed by atoms with Crippen LogP contribution in [0.1, 0.15) is 13.8 Å². The van der Waals surface area contributed by atoms with Gasteiger partial charge in [-0.05, 0) is 24.6 Å². The second kappa shape index (κ2) is 6.68. The minimum absolute atomic E-state index is 0.468. The van der Waals surface area contributed by atoms with E-state index >= 15 is 0 Å². The zero-order valence-electron chi connectivity index (χ0n) is 11.2. The highest BCUT2D eigenvalue weighted by atomic mass is 35.5. The fourth-order valence-corrected chi connectivity index (χ4v) is 1.93. The molecule has 0 bridgehead atoms. The van der Waals surface area contributed by atoms with Gasteiger partial charge in [0.05, 0.1) is 5.52 Å². The van der Waals surface area contributed by atoms with Crippen molar-refractivity contribution in [1.82, 2.24) is 15.3 Å². The molecule has 0 saturated heterocycles. The number of nitrogens with zero attached hydrogens (tertiary/aromatic N) is 2. The Hall–Kier alpha value is -1.39. The summed E-state index contributed by atoms with van der Waals surface area (Å²) >= 11 is 5.98. The molecule has 1 heterocycles. The summed E-state index contributed by atoms with van der Waals surface area (Å²) < 4.78 is 5.67. The fraction of sp³-hybridized carbons (Fsp3) is 0.429. The van der Waals surface area contributed by atoms with E-state index in [0.29, 0.717) is 17.7 Å². The summed E-state index contributed by atoms with van der Waals surface area (Å²) in [5.41, 5.74) is 0.799. The van der Waals surface area contributed by atoms with Gasteiger partial charge in [0.15, 0.2) is 0 Å². The van der Waals surface area contributed by atoms with Crippen molar-refractivity contribution in [3.8, 4) is 5.75 Å². The molecule has 0 atom stereocenters. The maximum absolute atomic E-state index is 5.98. The fourth-order valence-electron chi connectivity index (χ4n) is 1.73. The van der Waals surface area contributed by atoms with Crippen LogP contribution in [0.25, 0.3) is 10.9 Å². The second-order valence-electron chi connectivity index (χ2n) is 4.79. The van der Waals surface area contributed by atoms with Crippen molar-refractivity contribution >= 4 is 22.5 Å². The van der Waals surface area contributed by atoms with Gasteiger partial charge in [-0.3, -0.25) is 0 Å². The van der Waals surface area contributed by atoms with E-state index in [1.807, 2.05) is 18.2 Å². The normalized spacial score (nSPS) is 11.2. The lowest BCUT2D eigenvalue weighted by Gasteiger charge is -2.09. The van der Waals surface area contributed by atoms with Gasteiger partial charge in [0.1, 0.15) is 23.8 Å². The van der Waals surface area contributed by atoms with E-state index in [0.717, 1.165) is 29.7 Å². The summed E-state index contributed by atoms with van der Waals surface area (Å²) in [5, 5.41) is 4.64. The molecule has 102 valence electrons. The molecular weight excluding hydrogens is 262 g/mol. The number of benzene rings is 1. The first-order valence-electron chi connectivity index (χ1n) is 6.40. The number of fused-ring (bicyclic) bond motifs is 1. The van der Waals surface area contributed by atoms with E-state index in [1.54, 1.807) is 0 Å². The summed E-state index contributed by atoms with van der Waals surface area (Å²) in [4.78, 5) is 8.12. The van der Waals surface area contributed by atoms with Gasteiger partial charge in [0.25, 0.3) is 0 Å². The molecule has 0 aliphatic rings. The van der Waals surface area contributed by atoms with Crippen LogP contribution in [-0.2, 0) is 0 Å². The Morgan fingerprint density at radius 3 is 2.95 bits per heavy atom. The van der Waals surface area contributed by atoms with E-state index in [1.165, 1.54) is 6.33 Å². The van der Waals surface area contributed by atoms with Crippen LogP contribution in [0.2, 0.25) is 5.15 Å². The van der Waals surface area contributed by atoms with E-state index in [9.17, 15) is 0 Å². The van der Waals surface area contributed by atoms with Crippen molar-refractivity contribution in [2.75, 3.05) is 19.7 Å². The summed E-state index contributed by atoms with van der Waals surface area (Å²) in [6.45, 7) is 6.84. The van der Waals surface area contributed by atoms with E-state index in [-0.39, 0.29) is 0 Å². The minimum Gasteiger partial charge on any atom is -0.492 e. The highest BCUT2D eigenvalue weighted by Gasteiger charge is 2.03. The van der Waals surface area contributed by atoms with E-state index < -0.39 is 0 Å². The Morgan fingerprint density at radius 2 is 2.16 bits per heavy atom. The minimum atomic E-state index is 0.468. The molecule has 2 aromatic rings. The monoisotopic (exact) mass is 279 g/mol. The van der Waals surface area contributed by atoms with Crippen LogP contribution >= 0.6 is 11.6 Å². The van der Waals surface area contributed by atoms with Crippen molar-refractivity contribution < 1.29 is 4.74 Å². The molecule has 0 amide bonds. The predicted molar refractivity (Wildman–Crippen MR) is 77.8 cm³/mol. The van der Waals surface area contributed by atoms with Gasteiger partial charge in [0, 0.05) is 18.0 Å². The van der Waals surface area contributed by atoms with Crippen LogP contribution in [0, 0.1) is 5.92 Å².